The Kier molecular flexibility index (Phi) is 0.706. The van der Waals surface area contributed by atoms with Crippen molar-refractivity contribution in [1.29, 1.82) is 0 Å². The highest BCUT2D eigenvalue weighted by atomic mass is 15.0. The summed E-state index contributed by atoms with van der Waals surface area (Å²) in [6.45, 7) is 2.19. The highest BCUT2D eigenvalue weighted by Gasteiger charge is 2.30. The first-order valence-corrected chi connectivity index (χ1v) is 3.34. The van der Waals surface area contributed by atoms with Crippen molar-refractivity contribution >= 4 is 0 Å². The molecule has 1 heterocycles. The number of nitrogens with one attached hydrogen (secondary N) is 1. The molecular weight excluding hydrogens is 98.1 g/mol. The van der Waals surface area contributed by atoms with Crippen LogP contribution < -0.4 is 5.32 Å². The maximum atomic E-state index is 3.37. The second-order valence-corrected chi connectivity index (χ2v) is 2.83. The van der Waals surface area contributed by atoms with Crippen LogP contribution in [0.3, 0.4) is 0 Å². The van der Waals surface area contributed by atoms with Gasteiger partial charge in [0.05, 0.1) is 0 Å². The molecule has 1 aliphatic carbocycles. The van der Waals surface area contributed by atoms with Crippen LogP contribution in [0.25, 0.3) is 0 Å². The van der Waals surface area contributed by atoms with Crippen LogP contribution in [0.5, 0.6) is 0 Å². The van der Waals surface area contributed by atoms with Gasteiger partial charge in [-0.25, -0.2) is 0 Å². The molecule has 0 spiro atoms. The molecule has 0 amide bonds. The van der Waals surface area contributed by atoms with E-state index in [2.05, 4.69) is 18.3 Å². The molecule has 1 heteroatoms. The largest absolute Gasteiger partial charge is 0.382 e. The molecular formula is C7H11N. The summed E-state index contributed by atoms with van der Waals surface area (Å²) >= 11 is 0. The smallest absolute Gasteiger partial charge is 0.0432 e. The van der Waals surface area contributed by atoms with Gasteiger partial charge < -0.3 is 5.32 Å². The zero-order valence-electron chi connectivity index (χ0n) is 5.15. The van der Waals surface area contributed by atoms with Crippen molar-refractivity contribution in [2.45, 2.75) is 25.8 Å². The maximum Gasteiger partial charge on any atom is 0.0432 e. The molecule has 1 saturated carbocycles. The van der Waals surface area contributed by atoms with Gasteiger partial charge in [-0.05, 0) is 31.8 Å². The van der Waals surface area contributed by atoms with Crippen molar-refractivity contribution in [3.05, 3.63) is 11.8 Å². The van der Waals surface area contributed by atoms with Gasteiger partial charge in [0.1, 0.15) is 0 Å². The van der Waals surface area contributed by atoms with Crippen LogP contribution >= 0.6 is 0 Å². The summed E-state index contributed by atoms with van der Waals surface area (Å²) in [5.41, 5.74) is 1.51. The van der Waals surface area contributed by atoms with Crippen molar-refractivity contribution in [3.8, 4) is 0 Å². The first kappa shape index (κ1) is 4.42. The van der Waals surface area contributed by atoms with E-state index in [1.54, 1.807) is 0 Å². The van der Waals surface area contributed by atoms with E-state index in [1.165, 1.54) is 18.5 Å². The van der Waals surface area contributed by atoms with Crippen LogP contribution in [0.15, 0.2) is 11.8 Å². The first-order valence-electron chi connectivity index (χ1n) is 3.34. The van der Waals surface area contributed by atoms with Crippen molar-refractivity contribution in [2.24, 2.45) is 5.92 Å². The lowest BCUT2D eigenvalue weighted by molar-refractivity contribution is 0.601. The van der Waals surface area contributed by atoms with E-state index >= 15 is 0 Å². The third-order valence-corrected chi connectivity index (χ3v) is 1.84. The second kappa shape index (κ2) is 1.28. The molecule has 0 aromatic rings. The van der Waals surface area contributed by atoms with Crippen molar-refractivity contribution in [3.63, 3.8) is 0 Å². The van der Waals surface area contributed by atoms with Gasteiger partial charge in [0.25, 0.3) is 0 Å². The lowest BCUT2D eigenvalue weighted by Crippen LogP contribution is -2.34. The molecule has 0 radical (unpaired) electrons. The Morgan fingerprint density at radius 2 is 2.25 bits per heavy atom. The van der Waals surface area contributed by atoms with E-state index in [0.717, 1.165) is 5.92 Å². The van der Waals surface area contributed by atoms with Gasteiger partial charge in [-0.2, -0.15) is 0 Å². The third-order valence-electron chi connectivity index (χ3n) is 1.84. The number of rotatable bonds is 1. The summed E-state index contributed by atoms with van der Waals surface area (Å²) < 4.78 is 0. The van der Waals surface area contributed by atoms with E-state index in [4.69, 9.17) is 0 Å². The standard InChI is InChI=1S/C7H11N/c1-5-4-7(8-5)6-2-3-6/h4-6,8H,2-3H2,1H3. The number of hydrogen-bond donors (Lipinski definition) is 1. The van der Waals surface area contributed by atoms with Crippen LogP contribution in [0.1, 0.15) is 19.8 Å². The fraction of sp³-hybridized carbons (Fsp3) is 0.714. The molecule has 1 fully saturated rings. The van der Waals surface area contributed by atoms with E-state index in [9.17, 15) is 0 Å². The quantitative estimate of drug-likeness (QED) is 0.534. The minimum Gasteiger partial charge on any atom is -0.382 e. The summed E-state index contributed by atoms with van der Waals surface area (Å²) in [7, 11) is 0. The van der Waals surface area contributed by atoms with E-state index in [0.29, 0.717) is 6.04 Å². The Bertz CT molecular complexity index is 133. The highest BCUT2D eigenvalue weighted by molar-refractivity contribution is 5.22. The summed E-state index contributed by atoms with van der Waals surface area (Å²) in [5.74, 6) is 0.936. The Labute approximate surface area is 49.8 Å². The average Bonchev–Trinajstić information content (AvgIpc) is 2.37. The zero-order chi connectivity index (χ0) is 5.56. The molecule has 44 valence electrons. The van der Waals surface area contributed by atoms with Gasteiger partial charge >= 0.3 is 0 Å². The van der Waals surface area contributed by atoms with Crippen LogP contribution in [0.4, 0.5) is 0 Å². The second-order valence-electron chi connectivity index (χ2n) is 2.83. The maximum absolute atomic E-state index is 3.37. The Hall–Kier alpha value is -0.460. The summed E-state index contributed by atoms with van der Waals surface area (Å²) in [6, 6.07) is 0.658. The van der Waals surface area contributed by atoms with Crippen molar-refractivity contribution in [2.75, 3.05) is 0 Å². The van der Waals surface area contributed by atoms with Crippen LogP contribution in [0, 0.1) is 5.92 Å². The van der Waals surface area contributed by atoms with Gasteiger partial charge in [0.2, 0.25) is 0 Å². The van der Waals surface area contributed by atoms with Gasteiger partial charge in [0.15, 0.2) is 0 Å². The molecule has 0 saturated heterocycles. The minimum absolute atomic E-state index is 0.658. The molecule has 0 aromatic carbocycles. The van der Waals surface area contributed by atoms with E-state index in [1.807, 2.05) is 0 Å². The van der Waals surface area contributed by atoms with Gasteiger partial charge in [-0.1, -0.05) is 0 Å². The summed E-state index contributed by atoms with van der Waals surface area (Å²) in [6.07, 6.45) is 5.18. The summed E-state index contributed by atoms with van der Waals surface area (Å²) in [4.78, 5) is 0. The zero-order valence-corrected chi connectivity index (χ0v) is 5.15. The fourth-order valence-electron chi connectivity index (χ4n) is 1.17. The number of hydrogen-bond acceptors (Lipinski definition) is 1. The fourth-order valence-corrected chi connectivity index (χ4v) is 1.17. The Balaban J connectivity index is 2.00. The normalized spacial score (nSPS) is 35.1. The summed E-state index contributed by atoms with van der Waals surface area (Å²) in [5, 5.41) is 3.37. The molecule has 0 bridgehead atoms. The first-order chi connectivity index (χ1) is 3.86. The van der Waals surface area contributed by atoms with Crippen molar-refractivity contribution in [1.82, 2.24) is 5.32 Å². The molecule has 0 aromatic heterocycles. The van der Waals surface area contributed by atoms with E-state index in [-0.39, 0.29) is 0 Å². The van der Waals surface area contributed by atoms with Crippen LogP contribution in [-0.2, 0) is 0 Å². The molecule has 2 aliphatic rings. The predicted molar refractivity (Wildman–Crippen MR) is 33.4 cm³/mol. The SMILES string of the molecule is CC1C=C(C2CC2)N1. The van der Waals surface area contributed by atoms with Crippen LogP contribution in [0.2, 0.25) is 0 Å². The molecule has 8 heavy (non-hydrogen) atoms. The molecule has 2 rings (SSSR count). The van der Waals surface area contributed by atoms with E-state index < -0.39 is 0 Å². The topological polar surface area (TPSA) is 12.0 Å². The highest BCUT2D eigenvalue weighted by Crippen LogP contribution is 2.37. The van der Waals surface area contributed by atoms with Crippen molar-refractivity contribution < 1.29 is 0 Å². The van der Waals surface area contributed by atoms with Gasteiger partial charge in [0, 0.05) is 11.7 Å². The lowest BCUT2D eigenvalue weighted by atomic mass is 10.1. The lowest BCUT2D eigenvalue weighted by Gasteiger charge is -2.24. The minimum atomic E-state index is 0.658. The monoisotopic (exact) mass is 109 g/mol. The third kappa shape index (κ3) is 0.540. The molecule has 1 unspecified atom stereocenters. The predicted octanol–water partition coefficient (Wildman–Crippen LogP) is 1.27. The molecule has 1 nitrogen and oxygen atoms in total. The molecule has 1 atom stereocenters. The van der Waals surface area contributed by atoms with Crippen LogP contribution in [-0.4, -0.2) is 6.04 Å². The number of allylic oxidation sites excluding steroid dienone is 1. The van der Waals surface area contributed by atoms with Gasteiger partial charge in [-0.3, -0.25) is 0 Å². The molecule has 1 N–H and O–H groups in total. The Morgan fingerprint density at radius 1 is 1.62 bits per heavy atom. The molecule has 1 aliphatic heterocycles. The Morgan fingerprint density at radius 3 is 2.62 bits per heavy atom. The average molecular weight is 109 g/mol. The van der Waals surface area contributed by atoms with Gasteiger partial charge in [-0.15, -0.1) is 0 Å².